The molecular weight excluding hydrogens is 500 g/mol. The number of halogens is 1. The topological polar surface area (TPSA) is 62.6 Å². The highest BCUT2D eigenvalue weighted by molar-refractivity contribution is 6.31. The molecule has 4 aromatic rings. The van der Waals surface area contributed by atoms with Crippen LogP contribution in [0.5, 0.6) is 11.5 Å². The zero-order valence-electron chi connectivity index (χ0n) is 22.6. The van der Waals surface area contributed by atoms with Gasteiger partial charge in [-0.05, 0) is 62.6 Å². The third-order valence-corrected chi connectivity index (χ3v) is 6.84. The average molecular weight is 535 g/mol. The number of hydrogen-bond donors (Lipinski definition) is 0. The molecule has 4 rings (SSSR count). The van der Waals surface area contributed by atoms with E-state index in [1.54, 1.807) is 13.0 Å². The van der Waals surface area contributed by atoms with E-state index in [0.717, 1.165) is 58.6 Å². The Morgan fingerprint density at radius 2 is 1.76 bits per heavy atom. The van der Waals surface area contributed by atoms with E-state index in [1.807, 2.05) is 62.4 Å². The second-order valence-corrected chi connectivity index (χ2v) is 9.74. The quantitative estimate of drug-likeness (QED) is 0.138. The van der Waals surface area contributed by atoms with Crippen LogP contribution in [0.25, 0.3) is 11.0 Å². The highest BCUT2D eigenvalue weighted by Gasteiger charge is 2.16. The summed E-state index contributed by atoms with van der Waals surface area (Å²) in [7, 11) is 0. The molecule has 38 heavy (non-hydrogen) atoms. The van der Waals surface area contributed by atoms with Crippen molar-refractivity contribution in [3.8, 4) is 11.5 Å². The summed E-state index contributed by atoms with van der Waals surface area (Å²) < 4.78 is 19.4. The molecule has 0 aliphatic rings. The number of fused-ring (bicyclic) bond motifs is 1. The van der Waals surface area contributed by atoms with Crippen molar-refractivity contribution in [2.75, 3.05) is 13.2 Å². The second-order valence-electron chi connectivity index (χ2n) is 9.33. The van der Waals surface area contributed by atoms with E-state index >= 15 is 0 Å². The molecular formula is C31H35ClN2O4. The summed E-state index contributed by atoms with van der Waals surface area (Å²) in [4.78, 5) is 17.2. The summed E-state index contributed by atoms with van der Waals surface area (Å²) in [5.41, 5.74) is 5.18. The first-order valence-corrected chi connectivity index (χ1v) is 13.6. The van der Waals surface area contributed by atoms with Crippen molar-refractivity contribution in [1.82, 2.24) is 9.55 Å². The summed E-state index contributed by atoms with van der Waals surface area (Å²) in [5.74, 6) is 2.04. The Hall–Kier alpha value is -3.51. The van der Waals surface area contributed by atoms with Crippen LogP contribution in [0, 0.1) is 13.8 Å². The summed E-state index contributed by atoms with van der Waals surface area (Å²) in [5, 5.41) is 0.666. The van der Waals surface area contributed by atoms with Crippen LogP contribution in [0.1, 0.15) is 66.0 Å². The Labute approximate surface area is 229 Å². The van der Waals surface area contributed by atoms with Crippen LogP contribution in [-0.2, 0) is 17.9 Å². The maximum absolute atomic E-state index is 12.3. The smallest absolute Gasteiger partial charge is 0.338 e. The summed E-state index contributed by atoms with van der Waals surface area (Å²) in [6.45, 7) is 9.84. The van der Waals surface area contributed by atoms with Crippen LogP contribution in [0.2, 0.25) is 5.02 Å². The van der Waals surface area contributed by atoms with Gasteiger partial charge < -0.3 is 18.8 Å². The van der Waals surface area contributed by atoms with Crippen molar-refractivity contribution >= 4 is 28.6 Å². The normalized spacial score (nSPS) is 11.1. The van der Waals surface area contributed by atoms with Gasteiger partial charge in [0.15, 0.2) is 0 Å². The molecule has 0 radical (unpaired) electrons. The van der Waals surface area contributed by atoms with Crippen LogP contribution < -0.4 is 9.47 Å². The lowest BCUT2D eigenvalue weighted by Gasteiger charge is -2.13. The average Bonchev–Trinajstić information content (AvgIpc) is 3.22. The van der Waals surface area contributed by atoms with E-state index in [9.17, 15) is 4.79 Å². The van der Waals surface area contributed by atoms with Crippen LogP contribution >= 0.6 is 11.6 Å². The lowest BCUT2D eigenvalue weighted by molar-refractivity contribution is 0.0523. The number of benzene rings is 3. The third kappa shape index (κ3) is 6.48. The predicted octanol–water partition coefficient (Wildman–Crippen LogP) is 7.68. The molecule has 1 aromatic heterocycles. The standard InChI is InChI=1S/C31H35ClN2O4/c1-5-7-10-15-37-25-14-13-23(28(32)17-25)19-34-22(4)33-30-21(3)16-26(18-29(30)34)38-20-24-11-8-9-12-27(24)31(35)36-6-2/h8-9,11-14,16-18H,5-7,10,15,19-20H2,1-4H3. The number of esters is 1. The molecule has 0 aliphatic carbocycles. The van der Waals surface area contributed by atoms with Gasteiger partial charge in [0.25, 0.3) is 0 Å². The fourth-order valence-electron chi connectivity index (χ4n) is 4.43. The number of unbranched alkanes of at least 4 members (excludes halogenated alkanes) is 2. The predicted molar refractivity (Wildman–Crippen MR) is 152 cm³/mol. The minimum absolute atomic E-state index is 0.249. The highest BCUT2D eigenvalue weighted by atomic mass is 35.5. The van der Waals surface area contributed by atoms with Crippen molar-refractivity contribution in [3.05, 3.63) is 87.7 Å². The number of ether oxygens (including phenoxy) is 3. The molecule has 7 heteroatoms. The van der Waals surface area contributed by atoms with Crippen LogP contribution in [0.3, 0.4) is 0 Å². The molecule has 0 spiro atoms. The largest absolute Gasteiger partial charge is 0.494 e. The van der Waals surface area contributed by atoms with Crippen LogP contribution in [0.15, 0.2) is 54.6 Å². The van der Waals surface area contributed by atoms with Crippen molar-refractivity contribution in [3.63, 3.8) is 0 Å². The first kappa shape index (κ1) is 27.5. The summed E-state index contributed by atoms with van der Waals surface area (Å²) >= 11 is 6.66. The Balaban J connectivity index is 1.55. The zero-order valence-corrected chi connectivity index (χ0v) is 23.3. The molecule has 200 valence electrons. The number of nitrogens with zero attached hydrogens (tertiary/aromatic N) is 2. The summed E-state index contributed by atoms with van der Waals surface area (Å²) in [6, 6.07) is 17.2. The third-order valence-electron chi connectivity index (χ3n) is 6.49. The van der Waals surface area contributed by atoms with E-state index in [2.05, 4.69) is 11.5 Å². The van der Waals surface area contributed by atoms with Gasteiger partial charge >= 0.3 is 5.97 Å². The lowest BCUT2D eigenvalue weighted by Crippen LogP contribution is -2.09. The van der Waals surface area contributed by atoms with Gasteiger partial charge in [-0.25, -0.2) is 9.78 Å². The van der Waals surface area contributed by atoms with E-state index in [-0.39, 0.29) is 12.6 Å². The fourth-order valence-corrected chi connectivity index (χ4v) is 4.66. The van der Waals surface area contributed by atoms with Gasteiger partial charge in [0.05, 0.1) is 36.4 Å². The molecule has 6 nitrogen and oxygen atoms in total. The molecule has 0 saturated carbocycles. The van der Waals surface area contributed by atoms with Crippen LogP contribution in [0.4, 0.5) is 0 Å². The first-order valence-electron chi connectivity index (χ1n) is 13.2. The molecule has 1 heterocycles. The SMILES string of the molecule is CCCCCOc1ccc(Cn2c(C)nc3c(C)cc(OCc4ccccc4C(=O)OCC)cc32)c(Cl)c1. The number of imidazole rings is 1. The Morgan fingerprint density at radius 1 is 0.947 bits per heavy atom. The Kier molecular flexibility index (Phi) is 9.29. The molecule has 0 unspecified atom stereocenters. The molecule has 0 saturated heterocycles. The van der Waals surface area contributed by atoms with E-state index in [4.69, 9.17) is 30.8 Å². The summed E-state index contributed by atoms with van der Waals surface area (Å²) in [6.07, 6.45) is 3.35. The molecule has 0 bridgehead atoms. The highest BCUT2D eigenvalue weighted by Crippen LogP contribution is 2.30. The Bertz CT molecular complexity index is 1410. The van der Waals surface area contributed by atoms with Gasteiger partial charge in [0, 0.05) is 16.7 Å². The van der Waals surface area contributed by atoms with Gasteiger partial charge in [0.1, 0.15) is 23.9 Å². The van der Waals surface area contributed by atoms with Crippen molar-refractivity contribution in [1.29, 1.82) is 0 Å². The Morgan fingerprint density at radius 3 is 2.53 bits per heavy atom. The first-order chi connectivity index (χ1) is 18.4. The molecule has 0 aliphatic heterocycles. The molecule has 0 fully saturated rings. The number of hydrogen-bond acceptors (Lipinski definition) is 5. The van der Waals surface area contributed by atoms with Gasteiger partial charge in [-0.3, -0.25) is 0 Å². The molecule has 0 N–H and O–H groups in total. The minimum atomic E-state index is -0.346. The van der Waals surface area contributed by atoms with E-state index in [0.29, 0.717) is 36.1 Å². The van der Waals surface area contributed by atoms with Gasteiger partial charge in [-0.15, -0.1) is 0 Å². The monoisotopic (exact) mass is 534 g/mol. The van der Waals surface area contributed by atoms with Gasteiger partial charge in [-0.2, -0.15) is 0 Å². The number of carbonyl (C=O) groups is 1. The van der Waals surface area contributed by atoms with E-state index in [1.165, 1.54) is 0 Å². The van der Waals surface area contributed by atoms with Crippen molar-refractivity contribution < 1.29 is 19.0 Å². The lowest BCUT2D eigenvalue weighted by atomic mass is 10.1. The maximum atomic E-state index is 12.3. The van der Waals surface area contributed by atoms with Gasteiger partial charge in [0.2, 0.25) is 0 Å². The van der Waals surface area contributed by atoms with E-state index < -0.39 is 0 Å². The zero-order chi connectivity index (χ0) is 27.1. The number of carbonyl (C=O) groups excluding carboxylic acids is 1. The minimum Gasteiger partial charge on any atom is -0.494 e. The van der Waals surface area contributed by atoms with Crippen LogP contribution in [-0.4, -0.2) is 28.7 Å². The fraction of sp³-hybridized carbons (Fsp3) is 0.355. The molecule has 0 amide bonds. The number of aromatic nitrogens is 2. The van der Waals surface area contributed by atoms with Gasteiger partial charge in [-0.1, -0.05) is 55.6 Å². The molecule has 0 atom stereocenters. The molecule has 3 aromatic carbocycles. The second kappa shape index (κ2) is 12.8. The van der Waals surface area contributed by atoms with Crippen molar-refractivity contribution in [2.24, 2.45) is 0 Å². The number of aryl methyl sites for hydroxylation is 2. The van der Waals surface area contributed by atoms with Crippen molar-refractivity contribution in [2.45, 2.75) is 60.1 Å². The maximum Gasteiger partial charge on any atom is 0.338 e. The number of rotatable bonds is 12.